The molecule has 8 nitrogen and oxygen atoms in total. The van der Waals surface area contributed by atoms with Crippen LogP contribution in [0.15, 0.2) is 24.3 Å². The molecule has 0 aliphatic heterocycles. The molecule has 0 aliphatic carbocycles. The van der Waals surface area contributed by atoms with Crippen LogP contribution in [0.4, 0.5) is 5.69 Å². The van der Waals surface area contributed by atoms with Crippen molar-refractivity contribution in [1.29, 1.82) is 0 Å². The zero-order chi connectivity index (χ0) is 21.5. The van der Waals surface area contributed by atoms with Crippen molar-refractivity contribution >= 4 is 11.7 Å². The Morgan fingerprint density at radius 2 is 1.82 bits per heavy atom. The van der Waals surface area contributed by atoms with Crippen LogP contribution >= 0.6 is 0 Å². The van der Waals surface area contributed by atoms with Gasteiger partial charge in [0.1, 0.15) is 24.0 Å². The molecular formula is C20H32N2O6. The van der Waals surface area contributed by atoms with Crippen LogP contribution in [0.25, 0.3) is 0 Å². The van der Waals surface area contributed by atoms with E-state index in [2.05, 4.69) is 0 Å². The van der Waals surface area contributed by atoms with Crippen molar-refractivity contribution in [3.8, 4) is 5.75 Å². The highest BCUT2D eigenvalue weighted by Gasteiger charge is 2.30. The van der Waals surface area contributed by atoms with Gasteiger partial charge in [-0.15, -0.1) is 0 Å². The molecule has 0 saturated carbocycles. The van der Waals surface area contributed by atoms with E-state index in [0.717, 1.165) is 0 Å². The summed E-state index contributed by atoms with van der Waals surface area (Å²) in [5.74, 6) is 0.0389. The van der Waals surface area contributed by atoms with Crippen LogP contribution in [0.1, 0.15) is 41.5 Å². The maximum absolute atomic E-state index is 12.6. The number of likely N-dealkylation sites (N-methyl/N-ethyl adjacent to an activating group) is 1. The molecule has 0 saturated heterocycles. The highest BCUT2D eigenvalue weighted by atomic mass is 16.6. The van der Waals surface area contributed by atoms with Gasteiger partial charge >= 0.3 is 5.97 Å². The van der Waals surface area contributed by atoms with Gasteiger partial charge in [-0.25, -0.2) is 0 Å². The van der Waals surface area contributed by atoms with E-state index < -0.39 is 16.6 Å². The minimum Gasteiger partial charge on any atom is -0.492 e. The van der Waals surface area contributed by atoms with Crippen LogP contribution in [0.3, 0.4) is 0 Å². The Labute approximate surface area is 166 Å². The minimum absolute atomic E-state index is 0.0314. The lowest BCUT2D eigenvalue weighted by molar-refractivity contribution is -0.384. The van der Waals surface area contributed by atoms with Gasteiger partial charge in [-0.1, -0.05) is 6.07 Å². The Balaban J connectivity index is 2.71. The Hall–Kier alpha value is -2.19. The summed E-state index contributed by atoms with van der Waals surface area (Å²) < 4.78 is 16.9. The van der Waals surface area contributed by atoms with Crippen LogP contribution in [0, 0.1) is 10.1 Å². The molecule has 1 rings (SSSR count). The fraction of sp³-hybridized carbons (Fsp3) is 0.650. The number of nitro benzene ring substituents is 1. The molecule has 0 bridgehead atoms. The second-order valence-corrected chi connectivity index (χ2v) is 8.56. The highest BCUT2D eigenvalue weighted by molar-refractivity contribution is 5.76. The third-order valence-corrected chi connectivity index (χ3v) is 3.63. The van der Waals surface area contributed by atoms with Crippen molar-refractivity contribution in [3.05, 3.63) is 34.4 Å². The first kappa shape index (κ1) is 23.8. The highest BCUT2D eigenvalue weighted by Crippen LogP contribution is 2.19. The van der Waals surface area contributed by atoms with Crippen LogP contribution < -0.4 is 4.74 Å². The largest absolute Gasteiger partial charge is 0.492 e. The lowest BCUT2D eigenvalue weighted by Gasteiger charge is -2.31. The maximum Gasteiger partial charge on any atom is 0.326 e. The number of hydrogen-bond acceptors (Lipinski definition) is 7. The number of hydrogen-bond donors (Lipinski definition) is 0. The third kappa shape index (κ3) is 9.14. The fourth-order valence-corrected chi connectivity index (χ4v) is 2.22. The summed E-state index contributed by atoms with van der Waals surface area (Å²) in [5.41, 5.74) is -1.02. The Kier molecular flexibility index (Phi) is 8.38. The van der Waals surface area contributed by atoms with Gasteiger partial charge in [0.05, 0.1) is 23.2 Å². The van der Waals surface area contributed by atoms with Crippen LogP contribution in [0.2, 0.25) is 0 Å². The van der Waals surface area contributed by atoms with Gasteiger partial charge in [-0.2, -0.15) is 0 Å². The molecule has 1 atom stereocenters. The zero-order valence-electron chi connectivity index (χ0n) is 17.9. The van der Waals surface area contributed by atoms with Gasteiger partial charge in [0.25, 0.3) is 5.69 Å². The van der Waals surface area contributed by atoms with E-state index in [1.165, 1.54) is 12.1 Å². The average Bonchev–Trinajstić information content (AvgIpc) is 2.52. The molecule has 158 valence electrons. The summed E-state index contributed by atoms with van der Waals surface area (Å²) >= 11 is 0. The standard InChI is InChI=1S/C20H32N2O6/c1-19(2,3)27-14-17(18(23)28-20(4,5)6)21(7)11-12-26-16-10-8-9-15(13-16)22(24)25/h8-10,13,17H,11-12,14H2,1-7H3/t17-/m0/s1. The zero-order valence-corrected chi connectivity index (χ0v) is 17.9. The second-order valence-electron chi connectivity index (χ2n) is 8.56. The molecular weight excluding hydrogens is 364 g/mol. The van der Waals surface area contributed by atoms with E-state index in [9.17, 15) is 14.9 Å². The van der Waals surface area contributed by atoms with Crippen LogP contribution in [0.5, 0.6) is 5.75 Å². The Morgan fingerprint density at radius 3 is 2.36 bits per heavy atom. The molecule has 0 amide bonds. The molecule has 0 spiro atoms. The molecule has 1 aromatic carbocycles. The predicted octanol–water partition coefficient (Wildman–Crippen LogP) is 3.43. The first-order valence-electron chi connectivity index (χ1n) is 9.23. The van der Waals surface area contributed by atoms with Gasteiger partial charge in [0.15, 0.2) is 0 Å². The predicted molar refractivity (Wildman–Crippen MR) is 107 cm³/mol. The maximum atomic E-state index is 12.6. The summed E-state index contributed by atoms with van der Waals surface area (Å²) in [7, 11) is 1.79. The van der Waals surface area contributed by atoms with Crippen LogP contribution in [-0.4, -0.2) is 59.8 Å². The average molecular weight is 396 g/mol. The molecule has 1 aromatic rings. The SMILES string of the molecule is CN(CCOc1cccc([N+](=O)[O-])c1)[C@@H](COC(C)(C)C)C(=O)OC(C)(C)C. The normalized spacial score (nSPS) is 13.3. The van der Waals surface area contributed by atoms with E-state index in [0.29, 0.717) is 12.3 Å². The van der Waals surface area contributed by atoms with Gasteiger partial charge < -0.3 is 14.2 Å². The van der Waals surface area contributed by atoms with Gasteiger partial charge in [0, 0.05) is 12.6 Å². The van der Waals surface area contributed by atoms with E-state index in [-0.39, 0.29) is 30.5 Å². The number of non-ortho nitro benzene ring substituents is 1. The molecule has 0 radical (unpaired) electrons. The van der Waals surface area contributed by atoms with Crippen molar-refractivity contribution in [2.24, 2.45) is 0 Å². The van der Waals surface area contributed by atoms with Crippen molar-refractivity contribution in [2.75, 3.05) is 26.8 Å². The van der Waals surface area contributed by atoms with Gasteiger partial charge in [-0.05, 0) is 54.7 Å². The summed E-state index contributed by atoms with van der Waals surface area (Å²) in [6.07, 6.45) is 0. The summed E-state index contributed by atoms with van der Waals surface area (Å²) in [4.78, 5) is 24.8. The first-order chi connectivity index (χ1) is 12.8. The lowest BCUT2D eigenvalue weighted by Crippen LogP contribution is -2.47. The number of carbonyl (C=O) groups excluding carboxylic acids is 1. The first-order valence-corrected chi connectivity index (χ1v) is 9.23. The number of nitrogens with zero attached hydrogens (tertiary/aromatic N) is 2. The second kappa shape index (κ2) is 9.84. The summed E-state index contributed by atoms with van der Waals surface area (Å²) in [6.45, 7) is 12.1. The lowest BCUT2D eigenvalue weighted by atomic mass is 10.1. The molecule has 0 unspecified atom stereocenters. The molecule has 0 N–H and O–H groups in total. The Bertz CT molecular complexity index is 663. The quantitative estimate of drug-likeness (QED) is 0.359. The van der Waals surface area contributed by atoms with E-state index in [1.807, 2.05) is 41.5 Å². The Morgan fingerprint density at radius 1 is 1.18 bits per heavy atom. The number of ether oxygens (including phenoxy) is 3. The van der Waals surface area contributed by atoms with Crippen LogP contribution in [-0.2, 0) is 14.3 Å². The molecule has 8 heteroatoms. The van der Waals surface area contributed by atoms with E-state index in [1.54, 1.807) is 24.1 Å². The molecule has 0 aliphatic rings. The third-order valence-electron chi connectivity index (χ3n) is 3.63. The van der Waals surface area contributed by atoms with E-state index >= 15 is 0 Å². The molecule has 0 fully saturated rings. The van der Waals surface area contributed by atoms with Crippen molar-refractivity contribution in [3.63, 3.8) is 0 Å². The number of benzene rings is 1. The topological polar surface area (TPSA) is 91.1 Å². The monoisotopic (exact) mass is 396 g/mol. The van der Waals surface area contributed by atoms with Crippen molar-refractivity contribution in [1.82, 2.24) is 4.90 Å². The van der Waals surface area contributed by atoms with Gasteiger partial charge in [0.2, 0.25) is 0 Å². The smallest absolute Gasteiger partial charge is 0.326 e. The molecule has 0 heterocycles. The summed E-state index contributed by atoms with van der Waals surface area (Å²) in [5, 5.41) is 10.8. The fourth-order valence-electron chi connectivity index (χ4n) is 2.22. The van der Waals surface area contributed by atoms with Crippen molar-refractivity contribution in [2.45, 2.75) is 58.8 Å². The van der Waals surface area contributed by atoms with E-state index in [4.69, 9.17) is 14.2 Å². The number of carbonyl (C=O) groups is 1. The number of esters is 1. The van der Waals surface area contributed by atoms with Gasteiger partial charge in [-0.3, -0.25) is 19.8 Å². The molecule has 28 heavy (non-hydrogen) atoms. The summed E-state index contributed by atoms with van der Waals surface area (Å²) in [6, 6.07) is 5.40. The minimum atomic E-state index is -0.600. The number of rotatable bonds is 9. The number of nitro groups is 1. The van der Waals surface area contributed by atoms with Crippen molar-refractivity contribution < 1.29 is 23.9 Å². The molecule has 0 aromatic heterocycles.